The second-order valence-electron chi connectivity index (χ2n) is 8.65. The highest BCUT2D eigenvalue weighted by Gasteiger charge is 2.42. The Balaban J connectivity index is 1.43. The first kappa shape index (κ1) is 20.1. The van der Waals surface area contributed by atoms with Crippen LogP contribution in [0.2, 0.25) is 0 Å². The molecule has 0 N–H and O–H groups in total. The van der Waals surface area contributed by atoms with Crippen LogP contribution in [0.3, 0.4) is 0 Å². The zero-order valence-corrected chi connectivity index (χ0v) is 19.2. The van der Waals surface area contributed by atoms with Gasteiger partial charge in [0.25, 0.3) is 0 Å². The van der Waals surface area contributed by atoms with Crippen LogP contribution in [0.25, 0.3) is 17.3 Å². The minimum absolute atomic E-state index is 0.176. The summed E-state index contributed by atoms with van der Waals surface area (Å²) in [5.41, 5.74) is 7.30. The predicted octanol–water partition coefficient (Wildman–Crippen LogP) is 7.61. The van der Waals surface area contributed by atoms with E-state index in [2.05, 4.69) is 101 Å². The van der Waals surface area contributed by atoms with Crippen molar-refractivity contribution in [1.29, 1.82) is 0 Å². The molecule has 2 aliphatic rings. The average Bonchev–Trinajstić information content (AvgIpc) is 3.52. The van der Waals surface area contributed by atoms with Gasteiger partial charge in [0.2, 0.25) is 5.13 Å². The van der Waals surface area contributed by atoms with Gasteiger partial charge in [-0.05, 0) is 42.0 Å². The molecule has 162 valence electrons. The van der Waals surface area contributed by atoms with E-state index < -0.39 is 0 Å². The quantitative estimate of drug-likeness (QED) is 0.322. The lowest BCUT2D eigenvalue weighted by Gasteiger charge is -2.29. The Morgan fingerprint density at radius 3 is 2.30 bits per heavy atom. The zero-order valence-electron chi connectivity index (χ0n) is 18.3. The van der Waals surface area contributed by atoms with E-state index in [-0.39, 0.29) is 6.04 Å². The molecule has 0 spiro atoms. The molecule has 33 heavy (non-hydrogen) atoms. The fourth-order valence-electron chi connectivity index (χ4n) is 5.00. The minimum Gasteiger partial charge on any atom is -0.231 e. The first-order valence-electron chi connectivity index (χ1n) is 11.6. The highest BCUT2D eigenvalue weighted by atomic mass is 32.1. The molecule has 4 aromatic rings. The highest BCUT2D eigenvalue weighted by molar-refractivity contribution is 7.14. The topological polar surface area (TPSA) is 28.5 Å². The number of rotatable bonds is 4. The fourth-order valence-corrected chi connectivity index (χ4v) is 5.82. The van der Waals surface area contributed by atoms with Crippen LogP contribution in [0.4, 0.5) is 5.13 Å². The lowest BCUT2D eigenvalue weighted by molar-refractivity contribution is 0.487. The summed E-state index contributed by atoms with van der Waals surface area (Å²) in [7, 11) is 0. The van der Waals surface area contributed by atoms with Crippen LogP contribution >= 0.6 is 11.3 Å². The van der Waals surface area contributed by atoms with Crippen LogP contribution in [0.15, 0.2) is 107 Å². The summed E-state index contributed by atoms with van der Waals surface area (Å²) in [4.78, 5) is 5.02. The molecule has 0 amide bonds. The Hall–Kier alpha value is -3.50. The van der Waals surface area contributed by atoms with Crippen LogP contribution < -0.4 is 5.01 Å². The van der Waals surface area contributed by atoms with Crippen molar-refractivity contribution in [3.8, 4) is 11.3 Å². The monoisotopic (exact) mass is 447 g/mol. The highest BCUT2D eigenvalue weighted by Crippen LogP contribution is 2.47. The number of benzene rings is 3. The smallest absolute Gasteiger partial charge is 0.207 e. The Labute approximate surface area is 198 Å². The summed E-state index contributed by atoms with van der Waals surface area (Å²) in [6.45, 7) is 0. The molecular weight excluding hydrogens is 422 g/mol. The van der Waals surface area contributed by atoms with Crippen molar-refractivity contribution in [3.63, 3.8) is 0 Å². The molecule has 6 rings (SSSR count). The molecule has 2 unspecified atom stereocenters. The number of hydrogen-bond donors (Lipinski definition) is 0. The van der Waals surface area contributed by atoms with E-state index in [4.69, 9.17) is 10.1 Å². The molecule has 0 radical (unpaired) electrons. The Morgan fingerprint density at radius 1 is 0.848 bits per heavy atom. The van der Waals surface area contributed by atoms with Crippen molar-refractivity contribution in [2.24, 2.45) is 11.0 Å². The molecule has 4 heteroatoms. The third kappa shape index (κ3) is 3.91. The Morgan fingerprint density at radius 2 is 1.55 bits per heavy atom. The van der Waals surface area contributed by atoms with Gasteiger partial charge in [-0.3, -0.25) is 0 Å². The number of allylic oxidation sites excluding steroid dienone is 1. The first-order chi connectivity index (χ1) is 16.4. The van der Waals surface area contributed by atoms with Crippen LogP contribution in [0.1, 0.15) is 36.4 Å². The van der Waals surface area contributed by atoms with Crippen molar-refractivity contribution >= 4 is 28.3 Å². The lowest BCUT2D eigenvalue weighted by Crippen LogP contribution is -2.28. The van der Waals surface area contributed by atoms with E-state index in [9.17, 15) is 0 Å². The van der Waals surface area contributed by atoms with Crippen molar-refractivity contribution in [2.75, 3.05) is 5.01 Å². The standard InChI is InChI=1S/C29H25N3S/c1-4-11-21(12-5-1)19-24-17-10-18-25-27(24)31-32(28(25)23-15-8-3-9-16-23)29-30-26(20-33-29)22-13-6-2-7-14-22/h1-9,11-16,19-20,25,28H,10,17-18H2/b24-19+. The SMILES string of the molecule is C(=C1/CCCC2C1=NN(c1nc(-c3ccccc3)cs1)C2c1ccccc1)/c1ccccc1. The van der Waals surface area contributed by atoms with Gasteiger partial charge in [0.15, 0.2) is 0 Å². The van der Waals surface area contributed by atoms with Gasteiger partial charge in [-0.2, -0.15) is 5.10 Å². The van der Waals surface area contributed by atoms with Gasteiger partial charge in [0.05, 0.1) is 17.4 Å². The molecule has 3 aromatic carbocycles. The number of hydrazone groups is 1. The van der Waals surface area contributed by atoms with E-state index in [1.807, 2.05) is 6.07 Å². The van der Waals surface area contributed by atoms with E-state index in [0.29, 0.717) is 5.92 Å². The van der Waals surface area contributed by atoms with Crippen molar-refractivity contribution in [3.05, 3.63) is 113 Å². The van der Waals surface area contributed by atoms with Crippen LogP contribution in [-0.2, 0) is 0 Å². The fraction of sp³-hybridized carbons (Fsp3) is 0.172. The molecule has 2 atom stereocenters. The van der Waals surface area contributed by atoms with Gasteiger partial charge in [-0.25, -0.2) is 9.99 Å². The number of thiazole rings is 1. The van der Waals surface area contributed by atoms with E-state index >= 15 is 0 Å². The molecule has 1 aliphatic heterocycles. The molecule has 0 bridgehead atoms. The summed E-state index contributed by atoms with van der Waals surface area (Å²) < 4.78 is 0. The van der Waals surface area contributed by atoms with Crippen LogP contribution in [0, 0.1) is 5.92 Å². The number of aromatic nitrogens is 1. The lowest BCUT2D eigenvalue weighted by atomic mass is 9.77. The summed E-state index contributed by atoms with van der Waals surface area (Å²) in [6, 6.07) is 32.0. The number of anilines is 1. The van der Waals surface area contributed by atoms with Crippen molar-refractivity contribution < 1.29 is 0 Å². The Bertz CT molecular complexity index is 1290. The van der Waals surface area contributed by atoms with Crippen LogP contribution in [-0.4, -0.2) is 10.7 Å². The van der Waals surface area contributed by atoms with Gasteiger partial charge in [-0.1, -0.05) is 91.0 Å². The van der Waals surface area contributed by atoms with Gasteiger partial charge in [0.1, 0.15) is 0 Å². The van der Waals surface area contributed by atoms with Gasteiger partial charge in [0, 0.05) is 16.9 Å². The molecular formula is C29H25N3S. The van der Waals surface area contributed by atoms with Crippen molar-refractivity contribution in [2.45, 2.75) is 25.3 Å². The number of nitrogens with zero attached hydrogens (tertiary/aromatic N) is 3. The van der Waals surface area contributed by atoms with Gasteiger partial charge in [-0.15, -0.1) is 11.3 Å². The third-order valence-electron chi connectivity index (χ3n) is 6.54. The molecule has 1 fully saturated rings. The number of fused-ring (bicyclic) bond motifs is 1. The summed E-state index contributed by atoms with van der Waals surface area (Å²) in [6.07, 6.45) is 5.74. The summed E-state index contributed by atoms with van der Waals surface area (Å²) in [5.74, 6) is 0.375. The molecule has 0 saturated heterocycles. The summed E-state index contributed by atoms with van der Waals surface area (Å²) in [5, 5.41) is 10.6. The first-order valence-corrected chi connectivity index (χ1v) is 12.4. The number of hydrogen-bond acceptors (Lipinski definition) is 4. The van der Waals surface area contributed by atoms with E-state index in [1.54, 1.807) is 11.3 Å². The largest absolute Gasteiger partial charge is 0.231 e. The van der Waals surface area contributed by atoms with E-state index in [1.165, 1.54) is 28.8 Å². The van der Waals surface area contributed by atoms with Crippen LogP contribution in [0.5, 0.6) is 0 Å². The summed E-state index contributed by atoms with van der Waals surface area (Å²) >= 11 is 1.68. The maximum absolute atomic E-state index is 5.25. The Kier molecular flexibility index (Phi) is 5.37. The molecule has 2 heterocycles. The third-order valence-corrected chi connectivity index (χ3v) is 7.37. The molecule has 1 aliphatic carbocycles. The molecule has 3 nitrogen and oxygen atoms in total. The maximum Gasteiger partial charge on any atom is 0.207 e. The maximum atomic E-state index is 5.25. The van der Waals surface area contributed by atoms with Crippen molar-refractivity contribution in [1.82, 2.24) is 4.98 Å². The predicted molar refractivity (Wildman–Crippen MR) is 138 cm³/mol. The second kappa shape index (κ2) is 8.80. The van der Waals surface area contributed by atoms with E-state index in [0.717, 1.165) is 29.2 Å². The normalized spacial score (nSPS) is 21.2. The minimum atomic E-state index is 0.176. The van der Waals surface area contributed by atoms with Gasteiger partial charge < -0.3 is 0 Å². The molecule has 1 aromatic heterocycles. The average molecular weight is 448 g/mol. The second-order valence-corrected chi connectivity index (χ2v) is 9.48. The van der Waals surface area contributed by atoms with Gasteiger partial charge >= 0.3 is 0 Å². The molecule has 1 saturated carbocycles. The zero-order chi connectivity index (χ0) is 22.0.